The molecular formula is C21H29ClN2O6S. The highest BCUT2D eigenvalue weighted by Gasteiger charge is 2.29. The summed E-state index contributed by atoms with van der Waals surface area (Å²) < 4.78 is 37.4. The number of ether oxygens (including phenoxy) is 2. The first-order valence-corrected chi connectivity index (χ1v) is 12.5. The van der Waals surface area contributed by atoms with Crippen molar-refractivity contribution in [2.45, 2.75) is 50.0 Å². The van der Waals surface area contributed by atoms with Crippen molar-refractivity contribution < 1.29 is 27.5 Å². The first-order chi connectivity index (χ1) is 14.8. The third kappa shape index (κ3) is 5.77. The topological polar surface area (TPSA) is 93.2 Å². The van der Waals surface area contributed by atoms with Gasteiger partial charge in [-0.2, -0.15) is 4.31 Å². The number of hydrogen-bond acceptors (Lipinski definition) is 6. The Balaban J connectivity index is 1.68. The molecule has 172 valence electrons. The third-order valence-electron chi connectivity index (χ3n) is 5.77. The molecule has 1 saturated heterocycles. The summed E-state index contributed by atoms with van der Waals surface area (Å²) in [5, 5.41) is 0.0676. The Morgan fingerprint density at radius 2 is 1.87 bits per heavy atom. The number of likely N-dealkylation sites (N-methyl/N-ethyl adjacent to an activating group) is 1. The zero-order valence-electron chi connectivity index (χ0n) is 17.7. The number of sulfonamides is 1. The molecule has 8 nitrogen and oxygen atoms in total. The van der Waals surface area contributed by atoms with Crippen molar-refractivity contribution in [2.75, 3.05) is 39.5 Å². The molecule has 10 heteroatoms. The van der Waals surface area contributed by atoms with Gasteiger partial charge in [-0.25, -0.2) is 13.2 Å². The summed E-state index contributed by atoms with van der Waals surface area (Å²) in [6.07, 6.45) is 5.28. The van der Waals surface area contributed by atoms with Crippen molar-refractivity contribution in [2.24, 2.45) is 0 Å². The van der Waals surface area contributed by atoms with E-state index in [9.17, 15) is 18.0 Å². The van der Waals surface area contributed by atoms with E-state index in [-0.39, 0.29) is 40.5 Å². The van der Waals surface area contributed by atoms with Crippen molar-refractivity contribution in [1.82, 2.24) is 9.21 Å². The molecule has 3 rings (SSSR count). The molecule has 0 spiro atoms. The number of morpholine rings is 1. The van der Waals surface area contributed by atoms with Gasteiger partial charge in [0.05, 0.1) is 28.7 Å². The van der Waals surface area contributed by atoms with Gasteiger partial charge in [0.15, 0.2) is 6.61 Å². The minimum absolute atomic E-state index is 0.0468. The lowest BCUT2D eigenvalue weighted by atomic mass is 9.94. The predicted octanol–water partition coefficient (Wildman–Crippen LogP) is 2.70. The minimum Gasteiger partial charge on any atom is -0.452 e. The van der Waals surface area contributed by atoms with E-state index in [2.05, 4.69) is 0 Å². The average Bonchev–Trinajstić information content (AvgIpc) is 2.79. The molecule has 0 atom stereocenters. The van der Waals surface area contributed by atoms with E-state index in [1.54, 1.807) is 4.90 Å². The van der Waals surface area contributed by atoms with E-state index < -0.39 is 22.6 Å². The number of nitrogens with zero attached hydrogens (tertiary/aromatic N) is 2. The molecule has 2 fully saturated rings. The second-order valence-corrected chi connectivity index (χ2v) is 10.1. The van der Waals surface area contributed by atoms with Crippen LogP contribution in [0.2, 0.25) is 5.02 Å². The highest BCUT2D eigenvalue weighted by atomic mass is 35.5. The largest absolute Gasteiger partial charge is 0.452 e. The summed E-state index contributed by atoms with van der Waals surface area (Å²) in [6, 6.07) is 4.10. The maximum absolute atomic E-state index is 12.9. The summed E-state index contributed by atoms with van der Waals surface area (Å²) in [5.74, 6) is -1.08. The van der Waals surface area contributed by atoms with E-state index >= 15 is 0 Å². The fraction of sp³-hybridized carbons (Fsp3) is 0.619. The lowest BCUT2D eigenvalue weighted by molar-refractivity contribution is -0.137. The molecule has 1 aliphatic heterocycles. The normalized spacial score (nSPS) is 18.5. The second-order valence-electron chi connectivity index (χ2n) is 7.71. The molecule has 0 bridgehead atoms. The molecule has 0 aromatic heterocycles. The summed E-state index contributed by atoms with van der Waals surface area (Å²) >= 11 is 6.13. The smallest absolute Gasteiger partial charge is 0.340 e. The molecular weight excluding hydrogens is 444 g/mol. The van der Waals surface area contributed by atoms with E-state index in [0.29, 0.717) is 19.8 Å². The maximum Gasteiger partial charge on any atom is 0.340 e. The number of esters is 1. The Labute approximate surface area is 188 Å². The molecule has 0 N–H and O–H groups in total. The molecule has 1 aromatic carbocycles. The number of benzene rings is 1. The van der Waals surface area contributed by atoms with Crippen molar-refractivity contribution in [3.05, 3.63) is 28.8 Å². The number of hydrogen-bond donors (Lipinski definition) is 0. The Bertz CT molecular complexity index is 895. The third-order valence-corrected chi connectivity index (χ3v) is 7.99. The van der Waals surface area contributed by atoms with Gasteiger partial charge < -0.3 is 14.4 Å². The Hall–Kier alpha value is -1.68. The van der Waals surface area contributed by atoms with Crippen molar-refractivity contribution in [3.8, 4) is 0 Å². The molecule has 0 unspecified atom stereocenters. The number of rotatable bonds is 7. The van der Waals surface area contributed by atoms with Crippen molar-refractivity contribution >= 4 is 33.5 Å². The van der Waals surface area contributed by atoms with Crippen LogP contribution >= 0.6 is 11.6 Å². The van der Waals surface area contributed by atoms with Crippen LogP contribution in [0.3, 0.4) is 0 Å². The summed E-state index contributed by atoms with van der Waals surface area (Å²) in [6.45, 7) is 3.18. The lowest BCUT2D eigenvalue weighted by Gasteiger charge is -2.33. The van der Waals surface area contributed by atoms with Crippen LogP contribution in [0.4, 0.5) is 0 Å². The number of amides is 1. The number of carbonyl (C=O) groups excluding carboxylic acids is 2. The van der Waals surface area contributed by atoms with Crippen molar-refractivity contribution in [1.29, 1.82) is 0 Å². The van der Waals surface area contributed by atoms with E-state index in [1.807, 2.05) is 6.92 Å². The monoisotopic (exact) mass is 472 g/mol. The van der Waals surface area contributed by atoms with E-state index in [4.69, 9.17) is 21.1 Å². The molecule has 2 aliphatic rings. The van der Waals surface area contributed by atoms with Crippen LogP contribution in [0.1, 0.15) is 49.4 Å². The quantitative estimate of drug-likeness (QED) is 0.566. The van der Waals surface area contributed by atoms with Gasteiger partial charge in [0, 0.05) is 25.7 Å². The fourth-order valence-electron chi connectivity index (χ4n) is 4.08. The Morgan fingerprint density at radius 1 is 1.19 bits per heavy atom. The number of carbonyl (C=O) groups is 2. The van der Waals surface area contributed by atoms with Crippen molar-refractivity contribution in [3.63, 3.8) is 0 Å². The van der Waals surface area contributed by atoms with Crippen LogP contribution < -0.4 is 0 Å². The van der Waals surface area contributed by atoms with E-state index in [1.165, 1.54) is 28.9 Å². The second kappa shape index (κ2) is 10.8. The summed E-state index contributed by atoms with van der Waals surface area (Å²) in [7, 11) is -3.79. The van der Waals surface area contributed by atoms with Crippen LogP contribution in [0.5, 0.6) is 0 Å². The SMILES string of the molecule is CCN(C(=O)COC(=O)c1cc(S(=O)(=O)N2CCOCC2)ccc1Cl)C1CCCCC1. The van der Waals surface area contributed by atoms with Gasteiger partial charge in [-0.15, -0.1) is 0 Å². The zero-order chi connectivity index (χ0) is 22.4. The van der Waals surface area contributed by atoms with Crippen LogP contribution in [0, 0.1) is 0 Å². The van der Waals surface area contributed by atoms with Gasteiger partial charge >= 0.3 is 5.97 Å². The van der Waals surface area contributed by atoms with Gasteiger partial charge in [-0.1, -0.05) is 30.9 Å². The minimum atomic E-state index is -3.79. The van der Waals surface area contributed by atoms with Gasteiger partial charge in [-0.3, -0.25) is 4.79 Å². The molecule has 31 heavy (non-hydrogen) atoms. The zero-order valence-corrected chi connectivity index (χ0v) is 19.3. The van der Waals surface area contributed by atoms with Gasteiger partial charge in [-0.05, 0) is 38.0 Å². The molecule has 1 saturated carbocycles. The molecule has 1 aliphatic carbocycles. The average molecular weight is 473 g/mol. The van der Waals surface area contributed by atoms with Crippen LogP contribution in [0.15, 0.2) is 23.1 Å². The van der Waals surface area contributed by atoms with Gasteiger partial charge in [0.25, 0.3) is 5.91 Å². The summed E-state index contributed by atoms with van der Waals surface area (Å²) in [4.78, 5) is 26.9. The van der Waals surface area contributed by atoms with Crippen LogP contribution in [-0.2, 0) is 24.3 Å². The summed E-state index contributed by atoms with van der Waals surface area (Å²) in [5.41, 5.74) is -0.0792. The highest BCUT2D eigenvalue weighted by Crippen LogP contribution is 2.25. The first-order valence-electron chi connectivity index (χ1n) is 10.7. The van der Waals surface area contributed by atoms with Crippen LogP contribution in [0.25, 0.3) is 0 Å². The lowest BCUT2D eigenvalue weighted by Crippen LogP contribution is -2.43. The Morgan fingerprint density at radius 3 is 2.52 bits per heavy atom. The molecule has 0 radical (unpaired) electrons. The Kier molecular flexibility index (Phi) is 8.32. The predicted molar refractivity (Wildman–Crippen MR) is 116 cm³/mol. The standard InChI is InChI=1S/C21H29ClN2O6S/c1-2-24(16-6-4-3-5-7-16)20(25)15-30-21(26)18-14-17(8-9-19(18)22)31(27,28)23-10-12-29-13-11-23/h8-9,14,16H,2-7,10-13,15H2,1H3. The highest BCUT2D eigenvalue weighted by molar-refractivity contribution is 7.89. The van der Waals surface area contributed by atoms with Gasteiger partial charge in [0.1, 0.15) is 0 Å². The first kappa shape index (κ1) is 24.0. The number of halogens is 1. The van der Waals surface area contributed by atoms with Crippen LogP contribution in [-0.4, -0.2) is 75.0 Å². The molecule has 1 aromatic rings. The maximum atomic E-state index is 12.9. The molecule has 1 amide bonds. The van der Waals surface area contributed by atoms with Gasteiger partial charge in [0.2, 0.25) is 10.0 Å². The fourth-order valence-corrected chi connectivity index (χ4v) is 5.71. The molecule has 1 heterocycles. The van der Waals surface area contributed by atoms with E-state index in [0.717, 1.165) is 25.7 Å².